The van der Waals surface area contributed by atoms with Gasteiger partial charge in [0, 0.05) is 18.2 Å². The highest BCUT2D eigenvalue weighted by atomic mass is 32.1. The molecule has 0 aliphatic heterocycles. The summed E-state index contributed by atoms with van der Waals surface area (Å²) in [5.74, 6) is 0.788. The van der Waals surface area contributed by atoms with Crippen LogP contribution in [0.3, 0.4) is 0 Å². The number of fused-ring (bicyclic) bond motifs is 1. The van der Waals surface area contributed by atoms with E-state index >= 15 is 0 Å². The Bertz CT molecular complexity index is 892. The van der Waals surface area contributed by atoms with Gasteiger partial charge in [0.1, 0.15) is 0 Å². The van der Waals surface area contributed by atoms with Crippen LogP contribution in [0.5, 0.6) is 11.5 Å². The Labute approximate surface area is 139 Å². The molecule has 0 fully saturated rings. The number of aromatic nitrogens is 2. The van der Waals surface area contributed by atoms with Gasteiger partial charge < -0.3 is 14.5 Å². The number of rotatable bonds is 5. The van der Waals surface area contributed by atoms with E-state index in [0.29, 0.717) is 22.5 Å². The molecule has 0 unspecified atom stereocenters. The first-order valence-corrected chi connectivity index (χ1v) is 7.50. The Morgan fingerprint density at radius 3 is 2.62 bits per heavy atom. The predicted octanol–water partition coefficient (Wildman–Crippen LogP) is 2.80. The summed E-state index contributed by atoms with van der Waals surface area (Å²) in [7, 11) is 3.04. The number of nitro groups is 1. The zero-order chi connectivity index (χ0) is 17.3. The van der Waals surface area contributed by atoms with Gasteiger partial charge >= 0.3 is 5.00 Å². The van der Waals surface area contributed by atoms with Gasteiger partial charge in [-0.1, -0.05) is 11.3 Å². The van der Waals surface area contributed by atoms with Gasteiger partial charge in [0.25, 0.3) is 5.91 Å². The third-order valence-electron chi connectivity index (χ3n) is 3.21. The van der Waals surface area contributed by atoms with Crippen molar-refractivity contribution in [1.82, 2.24) is 9.97 Å². The summed E-state index contributed by atoms with van der Waals surface area (Å²) < 4.78 is 10.4. The zero-order valence-corrected chi connectivity index (χ0v) is 13.5. The quantitative estimate of drug-likeness (QED) is 0.540. The van der Waals surface area contributed by atoms with Crippen molar-refractivity contribution in [1.29, 1.82) is 0 Å². The van der Waals surface area contributed by atoms with Crippen molar-refractivity contribution in [2.45, 2.75) is 0 Å². The van der Waals surface area contributed by atoms with Gasteiger partial charge in [0.05, 0.1) is 35.1 Å². The second kappa shape index (κ2) is 6.16. The Kier molecular flexibility index (Phi) is 4.04. The smallest absolute Gasteiger partial charge is 0.324 e. The van der Waals surface area contributed by atoms with Crippen LogP contribution in [0, 0.1) is 10.1 Å². The summed E-state index contributed by atoms with van der Waals surface area (Å²) in [6, 6.07) is 6.06. The Morgan fingerprint density at radius 1 is 1.29 bits per heavy atom. The van der Waals surface area contributed by atoms with Crippen LogP contribution in [0.4, 0.5) is 10.9 Å². The molecule has 2 N–H and O–H groups in total. The molecule has 24 heavy (non-hydrogen) atoms. The maximum atomic E-state index is 12.1. The molecule has 0 spiro atoms. The molecule has 2 heterocycles. The Hall–Kier alpha value is -3.14. The molecule has 1 amide bonds. The maximum Gasteiger partial charge on any atom is 0.324 e. The number of ether oxygens (including phenoxy) is 2. The van der Waals surface area contributed by atoms with Crippen LogP contribution in [-0.2, 0) is 0 Å². The van der Waals surface area contributed by atoms with E-state index in [1.165, 1.54) is 26.4 Å². The lowest BCUT2D eigenvalue weighted by molar-refractivity contribution is -0.380. The second-order valence-electron chi connectivity index (χ2n) is 4.66. The summed E-state index contributed by atoms with van der Waals surface area (Å²) in [5, 5.41) is 13.2. The standard InChI is InChI=1S/C14H12N4O5S/c1-22-9-5-7-8(6-10(9)23-2)16-14(15-7)17-13(19)11-3-4-12(24-11)18(20)21/h3-6H,1-2H3,(H2,15,16,17,19). The monoisotopic (exact) mass is 348 g/mol. The molecule has 0 bridgehead atoms. The average Bonchev–Trinajstić information content (AvgIpc) is 3.19. The summed E-state index contributed by atoms with van der Waals surface area (Å²) in [6.07, 6.45) is 0. The Balaban J connectivity index is 1.86. The zero-order valence-electron chi connectivity index (χ0n) is 12.7. The first kappa shape index (κ1) is 15.7. The van der Waals surface area contributed by atoms with E-state index in [9.17, 15) is 14.9 Å². The van der Waals surface area contributed by atoms with Crippen molar-refractivity contribution in [3.05, 3.63) is 39.3 Å². The van der Waals surface area contributed by atoms with Crippen molar-refractivity contribution >= 4 is 39.2 Å². The number of nitrogens with one attached hydrogen (secondary N) is 2. The molecule has 0 radical (unpaired) electrons. The van der Waals surface area contributed by atoms with Crippen LogP contribution in [0.1, 0.15) is 9.67 Å². The van der Waals surface area contributed by atoms with Gasteiger partial charge in [0.2, 0.25) is 5.95 Å². The molecule has 3 aromatic rings. The number of H-pyrrole nitrogens is 1. The van der Waals surface area contributed by atoms with Crippen molar-refractivity contribution in [3.8, 4) is 11.5 Å². The van der Waals surface area contributed by atoms with E-state index in [1.54, 1.807) is 12.1 Å². The number of imidazole rings is 1. The molecule has 3 rings (SSSR count). The molecule has 0 saturated carbocycles. The third kappa shape index (κ3) is 2.86. The van der Waals surface area contributed by atoms with Crippen LogP contribution in [0.2, 0.25) is 0 Å². The van der Waals surface area contributed by atoms with E-state index in [0.717, 1.165) is 11.3 Å². The highest BCUT2D eigenvalue weighted by molar-refractivity contribution is 7.17. The van der Waals surface area contributed by atoms with Gasteiger partial charge in [-0.25, -0.2) is 4.98 Å². The summed E-state index contributed by atoms with van der Waals surface area (Å²) in [5.41, 5.74) is 1.24. The van der Waals surface area contributed by atoms with Crippen LogP contribution >= 0.6 is 11.3 Å². The molecule has 0 saturated heterocycles. The average molecular weight is 348 g/mol. The van der Waals surface area contributed by atoms with E-state index in [-0.39, 0.29) is 15.8 Å². The lowest BCUT2D eigenvalue weighted by Crippen LogP contribution is -2.11. The van der Waals surface area contributed by atoms with Crippen molar-refractivity contribution in [2.75, 3.05) is 19.5 Å². The number of benzene rings is 1. The van der Waals surface area contributed by atoms with Gasteiger partial charge in [-0.05, 0) is 6.07 Å². The highest BCUT2D eigenvalue weighted by Crippen LogP contribution is 2.32. The number of amides is 1. The van der Waals surface area contributed by atoms with E-state index in [4.69, 9.17) is 9.47 Å². The summed E-state index contributed by atoms with van der Waals surface area (Å²) in [4.78, 5) is 29.7. The molecule has 124 valence electrons. The van der Waals surface area contributed by atoms with E-state index < -0.39 is 10.8 Å². The maximum absolute atomic E-state index is 12.1. The number of thiophene rings is 1. The second-order valence-corrected chi connectivity index (χ2v) is 5.72. The van der Waals surface area contributed by atoms with E-state index in [2.05, 4.69) is 15.3 Å². The molecule has 0 aliphatic carbocycles. The minimum atomic E-state index is -0.540. The number of hydrogen-bond donors (Lipinski definition) is 2. The van der Waals surface area contributed by atoms with Crippen molar-refractivity contribution < 1.29 is 19.2 Å². The lowest BCUT2D eigenvalue weighted by Gasteiger charge is -2.06. The summed E-state index contributed by atoms with van der Waals surface area (Å²) >= 11 is 0.795. The van der Waals surface area contributed by atoms with Gasteiger partial charge in [0.15, 0.2) is 11.5 Å². The first-order valence-electron chi connectivity index (χ1n) is 6.69. The number of methoxy groups -OCH3 is 2. The van der Waals surface area contributed by atoms with Crippen LogP contribution < -0.4 is 14.8 Å². The van der Waals surface area contributed by atoms with Gasteiger partial charge in [-0.3, -0.25) is 20.2 Å². The topological polar surface area (TPSA) is 119 Å². The van der Waals surface area contributed by atoms with Crippen LogP contribution in [-0.4, -0.2) is 35.0 Å². The van der Waals surface area contributed by atoms with Crippen molar-refractivity contribution in [2.24, 2.45) is 0 Å². The predicted molar refractivity (Wildman–Crippen MR) is 88.1 cm³/mol. The minimum absolute atomic E-state index is 0.0979. The molecule has 2 aromatic heterocycles. The molecule has 0 aliphatic rings. The highest BCUT2D eigenvalue weighted by Gasteiger charge is 2.17. The molecule has 10 heteroatoms. The molecule has 1 aromatic carbocycles. The fraction of sp³-hybridized carbons (Fsp3) is 0.143. The summed E-state index contributed by atoms with van der Waals surface area (Å²) in [6.45, 7) is 0. The number of hydrogen-bond acceptors (Lipinski definition) is 7. The van der Waals surface area contributed by atoms with Gasteiger partial charge in [-0.2, -0.15) is 0 Å². The molecule has 0 atom stereocenters. The fourth-order valence-electron chi connectivity index (χ4n) is 2.11. The number of carbonyl (C=O) groups excluding carboxylic acids is 1. The van der Waals surface area contributed by atoms with Gasteiger partial charge in [-0.15, -0.1) is 0 Å². The van der Waals surface area contributed by atoms with Crippen LogP contribution in [0.15, 0.2) is 24.3 Å². The number of anilines is 1. The third-order valence-corrected chi connectivity index (χ3v) is 4.25. The first-order chi connectivity index (χ1) is 11.5. The molecule has 9 nitrogen and oxygen atoms in total. The SMILES string of the molecule is COc1cc2nc(NC(=O)c3ccc([N+](=O)[O-])s3)[nH]c2cc1OC. The number of carbonyl (C=O) groups is 1. The fourth-order valence-corrected chi connectivity index (χ4v) is 2.83. The largest absolute Gasteiger partial charge is 0.493 e. The number of aromatic amines is 1. The normalized spacial score (nSPS) is 10.6. The number of nitrogens with zero attached hydrogens (tertiary/aromatic N) is 2. The van der Waals surface area contributed by atoms with Crippen LogP contribution in [0.25, 0.3) is 11.0 Å². The lowest BCUT2D eigenvalue weighted by atomic mass is 10.3. The Morgan fingerprint density at radius 2 is 2.00 bits per heavy atom. The van der Waals surface area contributed by atoms with E-state index in [1.807, 2.05) is 0 Å². The minimum Gasteiger partial charge on any atom is -0.493 e. The van der Waals surface area contributed by atoms with Crippen molar-refractivity contribution in [3.63, 3.8) is 0 Å². The molecular weight excluding hydrogens is 336 g/mol. The molecular formula is C14H12N4O5S.